The molecule has 0 bridgehead atoms. The van der Waals surface area contributed by atoms with Crippen LogP contribution in [0, 0.1) is 0 Å². The van der Waals surface area contributed by atoms with E-state index in [-0.39, 0.29) is 5.91 Å². The smallest absolute Gasteiger partial charge is 0.253 e. The van der Waals surface area contributed by atoms with Crippen molar-refractivity contribution in [3.63, 3.8) is 0 Å². The minimum Gasteiger partial charge on any atom is -0.356 e. The average molecular weight is 414 g/mol. The van der Waals surface area contributed by atoms with E-state index in [0.29, 0.717) is 0 Å². The maximum atomic E-state index is 12.1. The normalized spacial score (nSPS) is 13.7. The summed E-state index contributed by atoms with van der Waals surface area (Å²) in [5.41, 5.74) is 3.16. The summed E-state index contributed by atoms with van der Waals surface area (Å²) in [6.45, 7) is 1.52. The molecule has 7 heteroatoms. The molecule has 0 radical (unpaired) electrons. The van der Waals surface area contributed by atoms with Crippen molar-refractivity contribution >= 4 is 23.2 Å². The third kappa shape index (κ3) is 5.56. The van der Waals surface area contributed by atoms with Gasteiger partial charge < -0.3 is 15.1 Å². The summed E-state index contributed by atoms with van der Waals surface area (Å²) >= 11 is 1.85. The van der Waals surface area contributed by atoms with E-state index in [9.17, 15) is 4.79 Å². The maximum absolute atomic E-state index is 12.1. The van der Waals surface area contributed by atoms with Gasteiger partial charge >= 0.3 is 0 Å². The van der Waals surface area contributed by atoms with Crippen molar-refractivity contribution < 1.29 is 4.79 Å². The Morgan fingerprint density at radius 3 is 2.76 bits per heavy atom. The molecule has 1 aliphatic rings. The van der Waals surface area contributed by atoms with Crippen molar-refractivity contribution in [3.05, 3.63) is 51.0 Å². The molecular formula is C22H31N5OS. The molecule has 1 aromatic carbocycles. The molecule has 3 rings (SSSR count). The predicted octanol–water partition coefficient (Wildman–Crippen LogP) is 2.97. The number of guanidine groups is 1. The van der Waals surface area contributed by atoms with E-state index in [0.717, 1.165) is 48.0 Å². The van der Waals surface area contributed by atoms with Crippen LogP contribution in [0.1, 0.15) is 44.3 Å². The Hall–Kier alpha value is -2.41. The number of hydrogen-bond acceptors (Lipinski definition) is 4. The molecule has 1 amide bonds. The van der Waals surface area contributed by atoms with Crippen molar-refractivity contribution in [2.24, 2.45) is 4.99 Å². The highest BCUT2D eigenvalue weighted by atomic mass is 32.1. The Kier molecular flexibility index (Phi) is 7.25. The number of hydrogen-bond donors (Lipinski definition) is 1. The van der Waals surface area contributed by atoms with Gasteiger partial charge in [0.2, 0.25) is 0 Å². The lowest BCUT2D eigenvalue weighted by molar-refractivity contribution is 0.0827. The van der Waals surface area contributed by atoms with Gasteiger partial charge in [-0.15, -0.1) is 11.3 Å². The third-order valence-electron chi connectivity index (χ3n) is 5.11. The fourth-order valence-electron chi connectivity index (χ4n) is 3.57. The van der Waals surface area contributed by atoms with Crippen molar-refractivity contribution in [1.29, 1.82) is 0 Å². The van der Waals surface area contributed by atoms with E-state index >= 15 is 0 Å². The highest BCUT2D eigenvalue weighted by Crippen LogP contribution is 2.27. The van der Waals surface area contributed by atoms with Crippen LogP contribution in [0.15, 0.2) is 29.3 Å². The molecule has 1 N–H and O–H groups in total. The third-order valence-corrected chi connectivity index (χ3v) is 6.25. The van der Waals surface area contributed by atoms with E-state index in [1.165, 1.54) is 29.8 Å². The van der Waals surface area contributed by atoms with Crippen LogP contribution < -0.4 is 5.32 Å². The molecule has 2 aromatic rings. The largest absolute Gasteiger partial charge is 0.356 e. The summed E-state index contributed by atoms with van der Waals surface area (Å²) in [5.74, 6) is 0.889. The second-order valence-corrected chi connectivity index (χ2v) is 8.83. The highest BCUT2D eigenvalue weighted by molar-refractivity contribution is 7.11. The number of carbonyl (C=O) groups is 1. The molecule has 1 aliphatic carbocycles. The van der Waals surface area contributed by atoms with Crippen LogP contribution in [0.4, 0.5) is 0 Å². The zero-order valence-electron chi connectivity index (χ0n) is 17.9. The summed E-state index contributed by atoms with van der Waals surface area (Å²) < 4.78 is 0. The Morgan fingerprint density at radius 1 is 1.24 bits per heavy atom. The minimum absolute atomic E-state index is 0.0292. The van der Waals surface area contributed by atoms with Gasteiger partial charge in [-0.1, -0.05) is 12.1 Å². The number of benzene rings is 1. The van der Waals surface area contributed by atoms with Gasteiger partial charge in [0.1, 0.15) is 5.01 Å². The van der Waals surface area contributed by atoms with Crippen molar-refractivity contribution in [2.75, 3.05) is 34.7 Å². The lowest BCUT2D eigenvalue weighted by Gasteiger charge is -2.21. The molecule has 1 aromatic heterocycles. The van der Waals surface area contributed by atoms with Crippen LogP contribution in [0.5, 0.6) is 0 Å². The number of aliphatic imine (C=N–C) groups is 1. The first-order chi connectivity index (χ1) is 14.0. The van der Waals surface area contributed by atoms with E-state index in [1.807, 2.05) is 43.6 Å². The number of carbonyl (C=O) groups excluding carboxylic acids is 1. The van der Waals surface area contributed by atoms with Gasteiger partial charge in [-0.2, -0.15) is 0 Å². The zero-order valence-corrected chi connectivity index (χ0v) is 18.7. The lowest BCUT2D eigenvalue weighted by atomic mass is 10.0. The molecule has 0 aliphatic heterocycles. The van der Waals surface area contributed by atoms with Gasteiger partial charge in [0.15, 0.2) is 5.96 Å². The van der Waals surface area contributed by atoms with Crippen molar-refractivity contribution in [1.82, 2.24) is 20.1 Å². The van der Waals surface area contributed by atoms with E-state index < -0.39 is 0 Å². The Labute approximate surface area is 177 Å². The molecule has 1 heterocycles. The van der Waals surface area contributed by atoms with E-state index in [2.05, 4.69) is 21.3 Å². The first-order valence-electron chi connectivity index (χ1n) is 10.2. The fraction of sp³-hybridized carbons (Fsp3) is 0.500. The quantitative estimate of drug-likeness (QED) is 0.584. The summed E-state index contributed by atoms with van der Waals surface area (Å²) in [7, 11) is 7.40. The van der Waals surface area contributed by atoms with E-state index in [1.54, 1.807) is 19.0 Å². The van der Waals surface area contributed by atoms with Crippen molar-refractivity contribution in [2.45, 2.75) is 38.6 Å². The monoisotopic (exact) mass is 413 g/mol. The molecular weight excluding hydrogens is 382 g/mol. The molecule has 156 valence electrons. The van der Waals surface area contributed by atoms with E-state index in [4.69, 9.17) is 4.98 Å². The van der Waals surface area contributed by atoms with Crippen LogP contribution in [-0.2, 0) is 25.8 Å². The number of fused-ring (bicyclic) bond motifs is 1. The highest BCUT2D eigenvalue weighted by Gasteiger charge is 2.17. The first-order valence-corrected chi connectivity index (χ1v) is 11.0. The second kappa shape index (κ2) is 9.87. The predicted molar refractivity (Wildman–Crippen MR) is 120 cm³/mol. The van der Waals surface area contributed by atoms with Gasteiger partial charge in [0, 0.05) is 45.2 Å². The summed E-state index contributed by atoms with van der Waals surface area (Å²) in [5, 5.41) is 4.59. The molecule has 0 fully saturated rings. The number of nitrogens with one attached hydrogen (secondary N) is 1. The van der Waals surface area contributed by atoms with Crippen LogP contribution in [0.2, 0.25) is 0 Å². The number of aromatic nitrogens is 1. The van der Waals surface area contributed by atoms with Crippen molar-refractivity contribution in [3.8, 4) is 0 Å². The number of aryl methyl sites for hydroxylation is 2. The van der Waals surface area contributed by atoms with Gasteiger partial charge in [-0.3, -0.25) is 9.79 Å². The Morgan fingerprint density at radius 2 is 2.03 bits per heavy atom. The van der Waals surface area contributed by atoms with Gasteiger partial charge in [-0.25, -0.2) is 4.98 Å². The fourth-order valence-corrected chi connectivity index (χ4v) is 4.78. The molecule has 6 nitrogen and oxygen atoms in total. The molecule has 0 saturated carbocycles. The SMILES string of the molecule is CN=C(NCCc1cccc(C(=O)N(C)C)c1)N(C)Cc1nc2c(s1)CCCC2. The lowest BCUT2D eigenvalue weighted by Crippen LogP contribution is -2.39. The molecule has 0 saturated heterocycles. The Bertz CT molecular complexity index is 850. The standard InChI is InChI=1S/C22H31N5OS/c1-23-22(27(4)15-20-25-18-10-5-6-11-19(18)29-20)24-13-12-16-8-7-9-17(14-16)21(28)26(2)3/h7-9,14H,5-6,10-13,15H2,1-4H3,(H,23,24). The topological polar surface area (TPSA) is 60.8 Å². The summed E-state index contributed by atoms with van der Waals surface area (Å²) in [6.07, 6.45) is 5.68. The molecule has 0 spiro atoms. The Balaban J connectivity index is 1.53. The molecule has 0 unspecified atom stereocenters. The maximum Gasteiger partial charge on any atom is 0.253 e. The minimum atomic E-state index is 0.0292. The number of nitrogens with zero attached hydrogens (tertiary/aromatic N) is 4. The molecule has 0 atom stereocenters. The van der Waals surface area contributed by atoms with Crippen LogP contribution in [-0.4, -0.2) is 61.4 Å². The van der Waals surface area contributed by atoms with Gasteiger partial charge in [-0.05, 0) is 49.8 Å². The van der Waals surface area contributed by atoms with Gasteiger partial charge in [0.25, 0.3) is 5.91 Å². The summed E-state index contributed by atoms with van der Waals surface area (Å²) in [4.78, 5) is 26.6. The molecule has 29 heavy (non-hydrogen) atoms. The zero-order chi connectivity index (χ0) is 20.8. The van der Waals surface area contributed by atoms with Crippen LogP contribution >= 0.6 is 11.3 Å². The first kappa shape index (κ1) is 21.3. The second-order valence-electron chi connectivity index (χ2n) is 7.66. The summed E-state index contributed by atoms with van der Waals surface area (Å²) in [6, 6.07) is 7.83. The number of amides is 1. The van der Waals surface area contributed by atoms with Crippen LogP contribution in [0.25, 0.3) is 0 Å². The average Bonchev–Trinajstić information content (AvgIpc) is 3.12. The number of rotatable bonds is 6. The number of thiazole rings is 1. The van der Waals surface area contributed by atoms with Crippen LogP contribution in [0.3, 0.4) is 0 Å². The van der Waals surface area contributed by atoms with Gasteiger partial charge in [0.05, 0.1) is 12.2 Å².